The molecule has 4 amide bonds. The van der Waals surface area contributed by atoms with Gasteiger partial charge in [-0.3, -0.25) is 9.59 Å². The quantitative estimate of drug-likeness (QED) is 0.105. The number of likely N-dealkylation sites (tertiary alicyclic amines) is 2. The second-order valence-corrected chi connectivity index (χ2v) is 18.9. The van der Waals surface area contributed by atoms with Gasteiger partial charge in [-0.2, -0.15) is 0 Å². The predicted octanol–water partition coefficient (Wildman–Crippen LogP) is 7.28. The van der Waals surface area contributed by atoms with Crippen LogP contribution in [0.25, 0.3) is 43.2 Å². The third kappa shape index (κ3) is 8.13. The molecule has 2 aromatic carbocycles. The maximum Gasteiger partial charge on any atom is 0.407 e. The van der Waals surface area contributed by atoms with Crippen molar-refractivity contribution in [2.24, 2.45) is 11.8 Å². The van der Waals surface area contributed by atoms with Crippen molar-refractivity contribution >= 4 is 46.4 Å². The van der Waals surface area contributed by atoms with Gasteiger partial charge in [-0.25, -0.2) is 19.6 Å². The van der Waals surface area contributed by atoms with Gasteiger partial charge in [0, 0.05) is 35.7 Å². The summed E-state index contributed by atoms with van der Waals surface area (Å²) in [6.07, 6.45) is 5.09. The van der Waals surface area contributed by atoms with Gasteiger partial charge < -0.3 is 49.3 Å². The number of H-pyrrole nitrogens is 2. The molecule has 338 valence electrons. The number of thiophene rings is 1. The van der Waals surface area contributed by atoms with Crippen LogP contribution in [0.1, 0.15) is 88.2 Å². The number of ether oxygens (including phenoxy) is 4. The Morgan fingerprint density at radius 3 is 1.84 bits per heavy atom. The van der Waals surface area contributed by atoms with Gasteiger partial charge in [0.05, 0.1) is 62.4 Å². The summed E-state index contributed by atoms with van der Waals surface area (Å²) in [7, 11) is 2.59. The zero-order valence-electron chi connectivity index (χ0n) is 37.1. The Morgan fingerprint density at radius 2 is 1.28 bits per heavy atom. The Morgan fingerprint density at radius 1 is 0.750 bits per heavy atom. The summed E-state index contributed by atoms with van der Waals surface area (Å²) in [5.74, 6) is 0.248. The van der Waals surface area contributed by atoms with Gasteiger partial charge in [0.25, 0.3) is 0 Å². The van der Waals surface area contributed by atoms with Gasteiger partial charge in [-0.1, -0.05) is 58.0 Å². The van der Waals surface area contributed by atoms with Crippen molar-refractivity contribution in [3.63, 3.8) is 0 Å². The summed E-state index contributed by atoms with van der Waals surface area (Å²) in [5, 5.41) is 5.44. The number of imidazole rings is 2. The maximum absolute atomic E-state index is 13.8. The van der Waals surface area contributed by atoms with Crippen molar-refractivity contribution < 1.29 is 38.1 Å². The smallest absolute Gasteiger partial charge is 0.407 e. The number of nitrogens with zero attached hydrogens (tertiary/aromatic N) is 4. The Kier molecular flexibility index (Phi) is 12.0. The number of nitrogens with one attached hydrogen (secondary N) is 4. The number of alkyl carbamates (subject to hydrolysis) is 2. The van der Waals surface area contributed by atoms with Crippen LogP contribution in [0.15, 0.2) is 48.7 Å². The number of benzene rings is 2. The van der Waals surface area contributed by atoms with Crippen LogP contribution in [0.2, 0.25) is 0 Å². The van der Waals surface area contributed by atoms with Crippen molar-refractivity contribution in [3.8, 4) is 32.1 Å². The number of hydrogen-bond donors (Lipinski definition) is 4. The summed E-state index contributed by atoms with van der Waals surface area (Å²) in [6.45, 7) is 9.92. The minimum absolute atomic E-state index is 0.118. The molecule has 3 fully saturated rings. The largest absolute Gasteiger partial charge is 0.453 e. The number of aromatic nitrogens is 4. The number of rotatable bonds is 11. The van der Waals surface area contributed by atoms with E-state index >= 15 is 0 Å². The molecule has 64 heavy (non-hydrogen) atoms. The summed E-state index contributed by atoms with van der Waals surface area (Å²) in [5.41, 5.74) is 8.15. The summed E-state index contributed by atoms with van der Waals surface area (Å²) < 4.78 is 22.2. The predicted molar refractivity (Wildman–Crippen MR) is 240 cm³/mol. The second-order valence-electron chi connectivity index (χ2n) is 17.9. The van der Waals surface area contributed by atoms with Crippen LogP contribution in [-0.2, 0) is 41.4 Å². The molecule has 4 N–H and O–H groups in total. The summed E-state index contributed by atoms with van der Waals surface area (Å²) in [4.78, 5) is 74.5. The van der Waals surface area contributed by atoms with E-state index in [0.717, 1.165) is 75.6 Å². The molecule has 1 spiro atoms. The van der Waals surface area contributed by atoms with E-state index in [9.17, 15) is 19.2 Å². The highest BCUT2D eigenvalue weighted by Crippen LogP contribution is 2.51. The third-order valence-corrected chi connectivity index (χ3v) is 14.5. The first-order valence-corrected chi connectivity index (χ1v) is 23.1. The highest BCUT2D eigenvalue weighted by Gasteiger charge is 2.46. The molecule has 0 radical (unpaired) electrons. The van der Waals surface area contributed by atoms with E-state index in [-0.39, 0.29) is 35.7 Å². The van der Waals surface area contributed by atoms with Crippen LogP contribution in [0, 0.1) is 11.8 Å². The fourth-order valence-electron chi connectivity index (χ4n) is 9.81. The average Bonchev–Trinajstić information content (AvgIpc) is 4.15. The highest BCUT2D eigenvalue weighted by molar-refractivity contribution is 7.19. The first-order valence-electron chi connectivity index (χ1n) is 22.2. The Labute approximate surface area is 375 Å². The van der Waals surface area contributed by atoms with Crippen LogP contribution in [-0.4, -0.2) is 112 Å². The monoisotopic (exact) mass is 892 g/mol. The van der Waals surface area contributed by atoms with E-state index in [0.29, 0.717) is 39.1 Å². The number of carbonyl (C=O) groups is 4. The Bertz CT molecular complexity index is 2560. The van der Waals surface area contributed by atoms with E-state index in [2.05, 4.69) is 57.0 Å². The molecule has 9 rings (SSSR count). The Hall–Kier alpha value is -5.78. The van der Waals surface area contributed by atoms with Crippen molar-refractivity contribution in [2.45, 2.75) is 96.2 Å². The minimum atomic E-state index is -0.709. The van der Waals surface area contributed by atoms with Crippen LogP contribution >= 0.6 is 11.3 Å². The van der Waals surface area contributed by atoms with Crippen LogP contribution in [0.3, 0.4) is 0 Å². The van der Waals surface area contributed by atoms with Gasteiger partial charge in [0.1, 0.15) is 23.7 Å². The Balaban J connectivity index is 0.971. The first kappa shape index (κ1) is 43.5. The number of fused-ring (bicyclic) bond motifs is 2. The van der Waals surface area contributed by atoms with Crippen LogP contribution < -0.4 is 10.6 Å². The van der Waals surface area contributed by atoms with Gasteiger partial charge in [-0.05, 0) is 77.5 Å². The van der Waals surface area contributed by atoms with Crippen molar-refractivity contribution in [1.82, 2.24) is 40.4 Å². The molecule has 17 heteroatoms. The number of carbonyl (C=O) groups excluding carboxylic acids is 4. The number of aromatic amines is 2. The van der Waals surface area contributed by atoms with Crippen molar-refractivity contribution in [1.29, 1.82) is 0 Å². The normalized spacial score (nSPS) is 20.1. The lowest BCUT2D eigenvalue weighted by atomic mass is 10.0. The topological polar surface area (TPSA) is 193 Å². The van der Waals surface area contributed by atoms with Gasteiger partial charge in [-0.15, -0.1) is 11.3 Å². The molecule has 6 heterocycles. The molecular weight excluding hydrogens is 837 g/mol. The summed E-state index contributed by atoms with van der Waals surface area (Å²) in [6, 6.07) is 12.9. The fourth-order valence-corrected chi connectivity index (χ4v) is 11.1. The van der Waals surface area contributed by atoms with E-state index in [1.165, 1.54) is 30.2 Å². The zero-order chi connectivity index (χ0) is 44.9. The maximum atomic E-state index is 13.8. The molecule has 3 saturated heterocycles. The molecule has 1 aliphatic carbocycles. The molecule has 0 bridgehead atoms. The lowest BCUT2D eigenvalue weighted by Crippen LogP contribution is -2.51. The van der Waals surface area contributed by atoms with Crippen molar-refractivity contribution in [3.05, 3.63) is 71.4 Å². The standard InChI is InChI=1S/C47H56N8O8S/c1-25(2)37(52-45(58)60-5)43(56)54-17-7-9-35(54)41-48-24-34(51-41)27-11-13-28(14-12-27)39-30-22-47(62-19-20-63-47)23-31(30)40(64-39)29-15-16-32-33(21-29)50-42(49-32)36-10-8-18-55(36)44(57)38(26(3)4)53-46(59)61-6/h11-16,21,24-26,35-38H,7-10,17-20,22-23H2,1-6H3,(H,48,51)(H,49,50)(H,52,58)(H,53,59)/t35-,36-,37-,38-/m0/s1. The molecule has 3 aliphatic heterocycles. The molecule has 4 atom stereocenters. The number of methoxy groups -OCH3 is 2. The molecule has 4 aliphatic rings. The fraction of sp³-hybridized carbons (Fsp3) is 0.489. The number of hydrogen-bond acceptors (Lipinski definition) is 11. The highest BCUT2D eigenvalue weighted by atomic mass is 32.1. The summed E-state index contributed by atoms with van der Waals surface area (Å²) >= 11 is 1.77. The van der Waals surface area contributed by atoms with E-state index in [1.807, 2.05) is 49.8 Å². The molecule has 0 saturated carbocycles. The van der Waals surface area contributed by atoms with Gasteiger partial charge >= 0.3 is 12.2 Å². The van der Waals surface area contributed by atoms with Gasteiger partial charge in [0.15, 0.2) is 5.79 Å². The second kappa shape index (κ2) is 17.7. The molecular formula is C47H56N8O8S. The van der Waals surface area contributed by atoms with Crippen molar-refractivity contribution in [2.75, 3.05) is 40.5 Å². The van der Waals surface area contributed by atoms with E-state index in [1.54, 1.807) is 11.3 Å². The SMILES string of the molecule is COC(=O)N[C@H](C(=O)N1CCC[C@H]1c1ncc(-c2ccc(-c3sc(-c4ccc5nc([C@@H]6CCCN6C(=O)[C@@H](NC(=O)OC)C(C)C)[nH]c5c4)c4c3CC3(C4)OCCO3)cc2)[nH]1)C(C)C. The third-order valence-electron chi connectivity index (χ3n) is 13.1. The van der Waals surface area contributed by atoms with Gasteiger partial charge in [0.2, 0.25) is 11.8 Å². The van der Waals surface area contributed by atoms with Crippen LogP contribution in [0.4, 0.5) is 9.59 Å². The van der Waals surface area contributed by atoms with Crippen LogP contribution in [0.5, 0.6) is 0 Å². The molecule has 0 unspecified atom stereocenters. The zero-order valence-corrected chi connectivity index (χ0v) is 37.9. The lowest BCUT2D eigenvalue weighted by Gasteiger charge is -2.30. The lowest BCUT2D eigenvalue weighted by molar-refractivity contribution is -0.147. The average molecular weight is 893 g/mol. The minimum Gasteiger partial charge on any atom is -0.453 e. The molecule has 3 aromatic heterocycles. The molecule has 5 aromatic rings. The molecule has 16 nitrogen and oxygen atoms in total. The first-order chi connectivity index (χ1) is 30.9. The van der Waals surface area contributed by atoms with E-state index in [4.69, 9.17) is 28.9 Å². The van der Waals surface area contributed by atoms with E-state index < -0.39 is 30.1 Å². The number of amides is 4.